The number of hydrogen-bond donors (Lipinski definition) is 2. The van der Waals surface area contributed by atoms with Gasteiger partial charge in [-0.1, -0.05) is 6.07 Å². The summed E-state index contributed by atoms with van der Waals surface area (Å²) in [5.74, 6) is 1.48. The Morgan fingerprint density at radius 2 is 2.11 bits per heavy atom. The van der Waals surface area contributed by atoms with E-state index in [0.717, 1.165) is 41.2 Å². The lowest BCUT2D eigenvalue weighted by atomic mass is 10.0. The van der Waals surface area contributed by atoms with Crippen molar-refractivity contribution in [1.82, 2.24) is 4.98 Å². The molecule has 1 aromatic heterocycles. The molecule has 0 aliphatic rings. The van der Waals surface area contributed by atoms with Crippen LogP contribution in [0.5, 0.6) is 0 Å². The van der Waals surface area contributed by atoms with Gasteiger partial charge >= 0.3 is 0 Å². The monoisotopic (exact) mass is 276 g/mol. The van der Waals surface area contributed by atoms with Crippen molar-refractivity contribution in [3.63, 3.8) is 0 Å². The van der Waals surface area contributed by atoms with Gasteiger partial charge in [-0.05, 0) is 60.1 Å². The molecule has 1 aromatic carbocycles. The van der Waals surface area contributed by atoms with Crippen molar-refractivity contribution < 1.29 is 4.39 Å². The van der Waals surface area contributed by atoms with Crippen LogP contribution in [0.3, 0.4) is 0 Å². The predicted octanol–water partition coefficient (Wildman–Crippen LogP) is 3.93. The number of benzene rings is 1. The number of rotatable bonds is 5. The topological polar surface area (TPSA) is 24.9 Å². The van der Waals surface area contributed by atoms with E-state index in [0.29, 0.717) is 0 Å². The fourth-order valence-corrected chi connectivity index (χ4v) is 2.10. The zero-order chi connectivity index (χ0) is 13.7. The second-order valence-corrected chi connectivity index (χ2v) is 4.84. The largest absolute Gasteiger partial charge is 0.370 e. The van der Waals surface area contributed by atoms with Crippen LogP contribution in [0.25, 0.3) is 11.1 Å². The van der Waals surface area contributed by atoms with Crippen LogP contribution in [-0.4, -0.2) is 17.3 Å². The average Bonchev–Trinajstić information content (AvgIpc) is 2.39. The van der Waals surface area contributed by atoms with E-state index in [2.05, 4.69) is 22.9 Å². The van der Waals surface area contributed by atoms with Crippen LogP contribution in [0.15, 0.2) is 36.5 Å². The van der Waals surface area contributed by atoms with E-state index in [9.17, 15) is 4.39 Å². The summed E-state index contributed by atoms with van der Waals surface area (Å²) in [6, 6.07) is 8.75. The number of thiol groups is 1. The first kappa shape index (κ1) is 13.9. The van der Waals surface area contributed by atoms with Crippen molar-refractivity contribution in [2.45, 2.75) is 13.3 Å². The van der Waals surface area contributed by atoms with Gasteiger partial charge in [-0.2, -0.15) is 12.6 Å². The first-order valence-electron chi connectivity index (χ1n) is 6.28. The Hall–Kier alpha value is -1.55. The number of nitrogens with zero attached hydrogens (tertiary/aromatic N) is 1. The highest BCUT2D eigenvalue weighted by molar-refractivity contribution is 7.80. The summed E-state index contributed by atoms with van der Waals surface area (Å²) in [5.41, 5.74) is 2.99. The molecule has 0 unspecified atom stereocenters. The summed E-state index contributed by atoms with van der Waals surface area (Å²) in [7, 11) is 0. The summed E-state index contributed by atoms with van der Waals surface area (Å²) < 4.78 is 13.1. The molecule has 0 radical (unpaired) electrons. The van der Waals surface area contributed by atoms with Gasteiger partial charge in [-0.15, -0.1) is 0 Å². The molecule has 4 heteroatoms. The summed E-state index contributed by atoms with van der Waals surface area (Å²) in [5, 5.41) is 3.25. The lowest BCUT2D eigenvalue weighted by molar-refractivity contribution is 0.627. The first-order chi connectivity index (χ1) is 9.20. The number of anilines is 1. The van der Waals surface area contributed by atoms with Gasteiger partial charge in [0.2, 0.25) is 0 Å². The summed E-state index contributed by atoms with van der Waals surface area (Å²) >= 11 is 4.17. The summed E-state index contributed by atoms with van der Waals surface area (Å²) in [4.78, 5) is 4.27. The van der Waals surface area contributed by atoms with Gasteiger partial charge in [0.05, 0.1) is 0 Å². The number of pyridine rings is 1. The average molecular weight is 276 g/mol. The summed E-state index contributed by atoms with van der Waals surface area (Å²) in [6.45, 7) is 2.76. The molecule has 2 nitrogen and oxygen atoms in total. The normalized spacial score (nSPS) is 10.5. The van der Waals surface area contributed by atoms with Crippen LogP contribution < -0.4 is 5.32 Å². The smallest absolute Gasteiger partial charge is 0.126 e. The van der Waals surface area contributed by atoms with Crippen LogP contribution in [0.2, 0.25) is 0 Å². The van der Waals surface area contributed by atoms with Gasteiger partial charge in [0.15, 0.2) is 0 Å². The minimum Gasteiger partial charge on any atom is -0.370 e. The van der Waals surface area contributed by atoms with E-state index in [4.69, 9.17) is 0 Å². The SMILES string of the molecule is Cc1cc(F)ccc1-c1ccnc(NCCCS)c1. The third-order valence-corrected chi connectivity index (χ3v) is 3.22. The molecule has 0 fully saturated rings. The Kier molecular flexibility index (Phi) is 4.80. The molecule has 0 bridgehead atoms. The van der Waals surface area contributed by atoms with E-state index in [1.165, 1.54) is 6.07 Å². The molecule has 2 rings (SSSR count). The fourth-order valence-electron chi connectivity index (χ4n) is 1.94. The van der Waals surface area contributed by atoms with Gasteiger partial charge in [0.25, 0.3) is 0 Å². The molecule has 1 heterocycles. The maximum atomic E-state index is 13.1. The molecule has 0 saturated carbocycles. The van der Waals surface area contributed by atoms with Crippen molar-refractivity contribution in [2.24, 2.45) is 0 Å². The zero-order valence-corrected chi connectivity index (χ0v) is 11.8. The molecule has 19 heavy (non-hydrogen) atoms. The van der Waals surface area contributed by atoms with E-state index >= 15 is 0 Å². The van der Waals surface area contributed by atoms with Gasteiger partial charge in [0, 0.05) is 12.7 Å². The highest BCUT2D eigenvalue weighted by atomic mass is 32.1. The van der Waals surface area contributed by atoms with E-state index in [-0.39, 0.29) is 5.82 Å². The minimum atomic E-state index is -0.206. The Morgan fingerprint density at radius 3 is 2.84 bits per heavy atom. The molecule has 0 saturated heterocycles. The van der Waals surface area contributed by atoms with E-state index in [1.807, 2.05) is 19.1 Å². The zero-order valence-electron chi connectivity index (χ0n) is 10.9. The van der Waals surface area contributed by atoms with Crippen LogP contribution >= 0.6 is 12.6 Å². The Labute approximate surface area is 118 Å². The molecule has 0 atom stereocenters. The minimum absolute atomic E-state index is 0.206. The molecule has 2 aromatic rings. The van der Waals surface area contributed by atoms with Gasteiger partial charge in [0.1, 0.15) is 11.6 Å². The van der Waals surface area contributed by atoms with Crippen LogP contribution in [0.1, 0.15) is 12.0 Å². The maximum absolute atomic E-state index is 13.1. The molecular formula is C15H17FN2S. The number of nitrogens with one attached hydrogen (secondary N) is 1. The van der Waals surface area contributed by atoms with Crippen molar-refractivity contribution in [3.8, 4) is 11.1 Å². The molecule has 100 valence electrons. The van der Waals surface area contributed by atoms with E-state index < -0.39 is 0 Å². The Bertz CT molecular complexity index is 558. The Balaban J connectivity index is 2.22. The second-order valence-electron chi connectivity index (χ2n) is 4.39. The second kappa shape index (κ2) is 6.57. The highest BCUT2D eigenvalue weighted by Crippen LogP contribution is 2.25. The molecule has 1 N–H and O–H groups in total. The Morgan fingerprint density at radius 1 is 1.26 bits per heavy atom. The third-order valence-electron chi connectivity index (χ3n) is 2.90. The molecular weight excluding hydrogens is 259 g/mol. The van der Waals surface area contributed by atoms with Crippen molar-refractivity contribution in [1.29, 1.82) is 0 Å². The van der Waals surface area contributed by atoms with Crippen LogP contribution in [0, 0.1) is 12.7 Å². The molecule has 0 spiro atoms. The van der Waals surface area contributed by atoms with Gasteiger partial charge < -0.3 is 5.32 Å². The summed E-state index contributed by atoms with van der Waals surface area (Å²) in [6.07, 6.45) is 2.76. The van der Waals surface area contributed by atoms with Crippen LogP contribution in [0.4, 0.5) is 10.2 Å². The van der Waals surface area contributed by atoms with E-state index in [1.54, 1.807) is 18.3 Å². The van der Waals surface area contributed by atoms with Crippen molar-refractivity contribution >= 4 is 18.4 Å². The van der Waals surface area contributed by atoms with Gasteiger partial charge in [-0.25, -0.2) is 9.37 Å². The van der Waals surface area contributed by atoms with Gasteiger partial charge in [-0.3, -0.25) is 0 Å². The molecule has 0 aliphatic carbocycles. The fraction of sp³-hybridized carbons (Fsp3) is 0.267. The number of aromatic nitrogens is 1. The quantitative estimate of drug-likeness (QED) is 0.639. The maximum Gasteiger partial charge on any atom is 0.126 e. The lowest BCUT2D eigenvalue weighted by Gasteiger charge is -2.09. The van der Waals surface area contributed by atoms with Crippen molar-refractivity contribution in [3.05, 3.63) is 47.9 Å². The number of aryl methyl sites for hydroxylation is 1. The lowest BCUT2D eigenvalue weighted by Crippen LogP contribution is -2.03. The highest BCUT2D eigenvalue weighted by Gasteiger charge is 2.04. The molecule has 0 amide bonds. The number of halogens is 1. The predicted molar refractivity (Wildman–Crippen MR) is 81.3 cm³/mol. The first-order valence-corrected chi connectivity index (χ1v) is 6.91. The number of hydrogen-bond acceptors (Lipinski definition) is 3. The van der Waals surface area contributed by atoms with Crippen LogP contribution in [-0.2, 0) is 0 Å². The molecule has 0 aliphatic heterocycles. The van der Waals surface area contributed by atoms with Crippen molar-refractivity contribution in [2.75, 3.05) is 17.6 Å². The standard InChI is InChI=1S/C15H17FN2S/c1-11-9-13(16)3-4-14(11)12-5-7-18-15(10-12)17-6-2-8-19/h3-5,7,9-10,19H,2,6,8H2,1H3,(H,17,18). The third kappa shape index (κ3) is 3.70.